The minimum Gasteiger partial charge on any atom is -0.349 e. The predicted octanol–water partition coefficient (Wildman–Crippen LogP) is 4.62. The molecule has 0 aliphatic rings. The predicted molar refractivity (Wildman–Crippen MR) is 68.4 cm³/mol. The van der Waals surface area contributed by atoms with Gasteiger partial charge in [0.1, 0.15) is 11.8 Å². The van der Waals surface area contributed by atoms with Gasteiger partial charge in [0.15, 0.2) is 23.3 Å². The van der Waals surface area contributed by atoms with Crippen LogP contribution < -0.4 is 5.32 Å². The van der Waals surface area contributed by atoms with Crippen LogP contribution in [0, 0.1) is 34.6 Å². The lowest BCUT2D eigenvalue weighted by Gasteiger charge is -2.11. The molecule has 0 radical (unpaired) electrons. The Labute approximate surface area is 119 Å². The van der Waals surface area contributed by atoms with E-state index in [0.717, 1.165) is 0 Å². The summed E-state index contributed by atoms with van der Waals surface area (Å²) in [6.45, 7) is 0. The van der Waals surface area contributed by atoms with Gasteiger partial charge in [-0.2, -0.15) is 5.26 Å². The Kier molecular flexibility index (Phi) is 3.95. The maximum atomic E-state index is 13.5. The lowest BCUT2D eigenvalue weighted by Crippen LogP contribution is -2.04. The van der Waals surface area contributed by atoms with E-state index in [9.17, 15) is 17.6 Å². The van der Waals surface area contributed by atoms with Crippen molar-refractivity contribution in [3.8, 4) is 6.07 Å². The average Bonchev–Trinajstić information content (AvgIpc) is 2.42. The number of nitrogens with zero attached hydrogens (tertiary/aromatic N) is 1. The molecular formula is C13H5BrF4N2. The summed E-state index contributed by atoms with van der Waals surface area (Å²) in [7, 11) is 0. The second-order valence-corrected chi connectivity index (χ2v) is 4.69. The van der Waals surface area contributed by atoms with Crippen molar-refractivity contribution in [3.05, 3.63) is 57.6 Å². The number of hydrogen-bond donors (Lipinski definition) is 1. The molecule has 0 aliphatic heterocycles. The molecule has 0 saturated carbocycles. The smallest absolute Gasteiger partial charge is 0.185 e. The van der Waals surface area contributed by atoms with Gasteiger partial charge in [-0.05, 0) is 18.2 Å². The number of benzene rings is 2. The molecule has 0 aromatic heterocycles. The zero-order valence-electron chi connectivity index (χ0n) is 9.65. The number of nitrogens with one attached hydrogen (secondary N) is 1. The number of hydrogen-bond acceptors (Lipinski definition) is 2. The SMILES string of the molecule is N#Cc1cc(Br)ccc1Nc1c(F)c(F)cc(F)c1F. The van der Waals surface area contributed by atoms with Crippen LogP contribution in [0.1, 0.15) is 5.56 Å². The largest absolute Gasteiger partial charge is 0.349 e. The number of rotatable bonds is 2. The highest BCUT2D eigenvalue weighted by atomic mass is 79.9. The van der Waals surface area contributed by atoms with E-state index in [1.807, 2.05) is 0 Å². The van der Waals surface area contributed by atoms with Crippen LogP contribution in [0.4, 0.5) is 28.9 Å². The lowest BCUT2D eigenvalue weighted by molar-refractivity contribution is 0.459. The van der Waals surface area contributed by atoms with Crippen LogP contribution in [0.3, 0.4) is 0 Å². The van der Waals surface area contributed by atoms with E-state index in [2.05, 4.69) is 21.2 Å². The number of nitriles is 1. The summed E-state index contributed by atoms with van der Waals surface area (Å²) in [5.41, 5.74) is -0.900. The van der Waals surface area contributed by atoms with Gasteiger partial charge in [-0.15, -0.1) is 0 Å². The second kappa shape index (κ2) is 5.51. The Balaban J connectivity index is 2.54. The van der Waals surface area contributed by atoms with Crippen molar-refractivity contribution in [3.63, 3.8) is 0 Å². The monoisotopic (exact) mass is 344 g/mol. The molecule has 0 saturated heterocycles. The quantitative estimate of drug-likeness (QED) is 0.637. The molecular weight excluding hydrogens is 340 g/mol. The Bertz CT molecular complexity index is 699. The molecule has 0 unspecified atom stereocenters. The van der Waals surface area contributed by atoms with E-state index in [1.54, 1.807) is 6.07 Å². The lowest BCUT2D eigenvalue weighted by atomic mass is 10.2. The molecule has 0 fully saturated rings. The molecule has 2 aromatic rings. The summed E-state index contributed by atoms with van der Waals surface area (Å²) < 4.78 is 53.7. The van der Waals surface area contributed by atoms with Crippen LogP contribution in [0.25, 0.3) is 0 Å². The Morgan fingerprint density at radius 3 is 2.15 bits per heavy atom. The first-order valence-corrected chi connectivity index (χ1v) is 6.03. The first-order valence-electron chi connectivity index (χ1n) is 5.23. The summed E-state index contributed by atoms with van der Waals surface area (Å²) in [5, 5.41) is 11.1. The normalized spacial score (nSPS) is 10.2. The number of anilines is 2. The topological polar surface area (TPSA) is 35.8 Å². The summed E-state index contributed by atoms with van der Waals surface area (Å²) >= 11 is 3.13. The van der Waals surface area contributed by atoms with Crippen molar-refractivity contribution in [1.82, 2.24) is 0 Å². The highest BCUT2D eigenvalue weighted by molar-refractivity contribution is 9.10. The van der Waals surface area contributed by atoms with Gasteiger partial charge in [0.2, 0.25) is 0 Å². The van der Waals surface area contributed by atoms with Crippen molar-refractivity contribution in [2.45, 2.75) is 0 Å². The third-order valence-electron chi connectivity index (χ3n) is 2.47. The fourth-order valence-corrected chi connectivity index (χ4v) is 1.90. The molecule has 2 aromatic carbocycles. The van der Waals surface area contributed by atoms with Crippen molar-refractivity contribution in [2.24, 2.45) is 0 Å². The van der Waals surface area contributed by atoms with Crippen LogP contribution in [0.15, 0.2) is 28.7 Å². The molecule has 0 heterocycles. The van der Waals surface area contributed by atoms with Gasteiger partial charge >= 0.3 is 0 Å². The zero-order valence-corrected chi connectivity index (χ0v) is 11.2. The highest BCUT2D eigenvalue weighted by Gasteiger charge is 2.20. The molecule has 102 valence electrons. The average molecular weight is 345 g/mol. The fraction of sp³-hybridized carbons (Fsp3) is 0. The molecule has 0 atom stereocenters. The summed E-state index contributed by atoms with van der Waals surface area (Å²) in [4.78, 5) is 0. The van der Waals surface area contributed by atoms with Gasteiger partial charge in [0.05, 0.1) is 11.3 Å². The zero-order chi connectivity index (χ0) is 14.9. The Morgan fingerprint density at radius 2 is 1.60 bits per heavy atom. The maximum Gasteiger partial charge on any atom is 0.185 e. The second-order valence-electron chi connectivity index (χ2n) is 3.77. The molecule has 0 bridgehead atoms. The molecule has 0 aliphatic carbocycles. The first kappa shape index (κ1) is 14.3. The van der Waals surface area contributed by atoms with Crippen LogP contribution >= 0.6 is 15.9 Å². The van der Waals surface area contributed by atoms with Gasteiger partial charge in [0, 0.05) is 10.5 Å². The first-order chi connectivity index (χ1) is 9.43. The maximum absolute atomic E-state index is 13.5. The van der Waals surface area contributed by atoms with E-state index in [-0.39, 0.29) is 17.3 Å². The molecule has 0 spiro atoms. The van der Waals surface area contributed by atoms with Crippen LogP contribution in [-0.4, -0.2) is 0 Å². The van der Waals surface area contributed by atoms with Crippen LogP contribution in [0.5, 0.6) is 0 Å². The van der Waals surface area contributed by atoms with E-state index in [0.29, 0.717) is 4.47 Å². The van der Waals surface area contributed by atoms with Crippen molar-refractivity contribution in [1.29, 1.82) is 5.26 Å². The minimum atomic E-state index is -1.56. The minimum absolute atomic E-state index is 0.0264. The molecule has 1 N–H and O–H groups in total. The summed E-state index contributed by atoms with van der Waals surface area (Å²) in [6, 6.07) is 6.17. The van der Waals surface area contributed by atoms with E-state index < -0.39 is 29.0 Å². The Hall–Kier alpha value is -2.07. The van der Waals surface area contributed by atoms with Gasteiger partial charge in [0.25, 0.3) is 0 Å². The van der Waals surface area contributed by atoms with Crippen LogP contribution in [0.2, 0.25) is 0 Å². The van der Waals surface area contributed by atoms with Gasteiger partial charge in [-0.1, -0.05) is 15.9 Å². The fourth-order valence-electron chi connectivity index (χ4n) is 1.54. The number of halogens is 5. The standard InChI is InChI=1S/C13H5BrF4N2/c14-7-1-2-10(6(3-7)5-19)20-13-11(17)8(15)4-9(16)12(13)18/h1-4,20H. The van der Waals surface area contributed by atoms with E-state index in [4.69, 9.17) is 5.26 Å². The Morgan fingerprint density at radius 1 is 1.00 bits per heavy atom. The molecule has 7 heteroatoms. The van der Waals surface area contributed by atoms with E-state index in [1.165, 1.54) is 18.2 Å². The third-order valence-corrected chi connectivity index (χ3v) is 2.97. The molecule has 20 heavy (non-hydrogen) atoms. The molecule has 2 nitrogen and oxygen atoms in total. The summed E-state index contributed by atoms with van der Waals surface area (Å²) in [6.07, 6.45) is 0. The van der Waals surface area contributed by atoms with Crippen molar-refractivity contribution < 1.29 is 17.6 Å². The van der Waals surface area contributed by atoms with Crippen LogP contribution in [-0.2, 0) is 0 Å². The molecule has 0 amide bonds. The van der Waals surface area contributed by atoms with Gasteiger partial charge < -0.3 is 5.32 Å². The van der Waals surface area contributed by atoms with Gasteiger partial charge in [-0.25, -0.2) is 17.6 Å². The highest BCUT2D eigenvalue weighted by Crippen LogP contribution is 2.29. The van der Waals surface area contributed by atoms with E-state index >= 15 is 0 Å². The van der Waals surface area contributed by atoms with Crippen molar-refractivity contribution >= 4 is 27.3 Å². The van der Waals surface area contributed by atoms with Gasteiger partial charge in [-0.3, -0.25) is 0 Å². The van der Waals surface area contributed by atoms with Crippen molar-refractivity contribution in [2.75, 3.05) is 5.32 Å². The summed E-state index contributed by atoms with van der Waals surface area (Å²) in [5.74, 6) is -6.17. The third kappa shape index (κ3) is 2.60. The molecule has 2 rings (SSSR count).